The maximum absolute atomic E-state index is 13.1. The number of hydrogen-bond donors (Lipinski definition) is 1. The highest BCUT2D eigenvalue weighted by Crippen LogP contribution is 2.40. The van der Waals surface area contributed by atoms with Crippen molar-refractivity contribution in [3.63, 3.8) is 0 Å². The zero-order valence-corrected chi connectivity index (χ0v) is 20.2. The molecule has 1 N–H and O–H groups in total. The van der Waals surface area contributed by atoms with Crippen molar-refractivity contribution >= 4 is 23.1 Å². The number of carbonyl (C=O) groups is 2. The molecule has 1 aliphatic rings. The van der Waals surface area contributed by atoms with Gasteiger partial charge < -0.3 is 19.6 Å². The minimum Gasteiger partial charge on any atom is -0.507 e. The van der Waals surface area contributed by atoms with Crippen LogP contribution in [0.2, 0.25) is 0 Å². The molecule has 2 aromatic rings. The van der Waals surface area contributed by atoms with E-state index in [1.54, 1.807) is 23.1 Å². The summed E-state index contributed by atoms with van der Waals surface area (Å²) in [6.45, 7) is 6.91. The predicted octanol–water partition coefficient (Wildman–Crippen LogP) is 5.07. The smallest absolute Gasteiger partial charge is 0.295 e. The van der Waals surface area contributed by atoms with Crippen LogP contribution in [0, 0.1) is 6.92 Å². The molecule has 0 aliphatic carbocycles. The molecule has 1 saturated heterocycles. The molecule has 1 atom stereocenters. The van der Waals surface area contributed by atoms with E-state index in [2.05, 4.69) is 6.92 Å². The molecule has 6 nitrogen and oxygen atoms in total. The Bertz CT molecular complexity index is 1040. The number of hydrogen-bond acceptors (Lipinski definition) is 5. The molecule has 1 fully saturated rings. The fraction of sp³-hybridized carbons (Fsp3) is 0.407. The fourth-order valence-corrected chi connectivity index (χ4v) is 4.21. The zero-order valence-electron chi connectivity index (χ0n) is 20.2. The molecule has 1 amide bonds. The van der Waals surface area contributed by atoms with Gasteiger partial charge in [-0.25, -0.2) is 0 Å². The number of Topliss-reactive ketones (excluding diaryl/α,β-unsaturated/α-hetero) is 1. The number of nitrogens with zero attached hydrogens (tertiary/aromatic N) is 2. The molecule has 2 aromatic carbocycles. The van der Waals surface area contributed by atoms with Gasteiger partial charge in [-0.15, -0.1) is 0 Å². The number of rotatable bonds is 9. The van der Waals surface area contributed by atoms with Gasteiger partial charge in [-0.1, -0.05) is 31.9 Å². The summed E-state index contributed by atoms with van der Waals surface area (Å²) in [7, 11) is 3.92. The van der Waals surface area contributed by atoms with Gasteiger partial charge in [0.15, 0.2) is 0 Å². The van der Waals surface area contributed by atoms with Crippen molar-refractivity contribution < 1.29 is 19.4 Å². The summed E-state index contributed by atoms with van der Waals surface area (Å²) in [6.07, 6.45) is 2.78. The van der Waals surface area contributed by atoms with Crippen LogP contribution in [0.15, 0.2) is 48.0 Å². The highest BCUT2D eigenvalue weighted by molar-refractivity contribution is 6.46. The lowest BCUT2D eigenvalue weighted by atomic mass is 9.94. The van der Waals surface area contributed by atoms with Crippen molar-refractivity contribution in [3.05, 3.63) is 64.7 Å². The monoisotopic (exact) mass is 450 g/mol. The number of likely N-dealkylation sites (tertiary alicyclic amines) is 1. The second kappa shape index (κ2) is 10.6. The standard InChI is InChI=1S/C27H34N2O4/c1-6-8-9-16-29-24(19-10-13-21(14-11-19)28(4)5)23(26(31)27(29)32)25(30)20-12-15-22(33-7-2)18(3)17-20/h10-15,17,24,30H,6-9,16H2,1-5H3/b25-23-. The maximum Gasteiger partial charge on any atom is 0.295 e. The maximum atomic E-state index is 13.1. The molecule has 0 bridgehead atoms. The minimum absolute atomic E-state index is 0.137. The van der Waals surface area contributed by atoms with Crippen LogP contribution < -0.4 is 9.64 Å². The van der Waals surface area contributed by atoms with Crippen LogP contribution in [0.1, 0.15) is 55.8 Å². The number of aliphatic hydroxyl groups is 1. The number of carbonyl (C=O) groups excluding carboxylic acids is 2. The average Bonchev–Trinajstić information content (AvgIpc) is 3.05. The number of ether oxygens (including phenoxy) is 1. The number of aryl methyl sites for hydroxylation is 1. The highest BCUT2D eigenvalue weighted by atomic mass is 16.5. The number of anilines is 1. The number of aliphatic hydroxyl groups excluding tert-OH is 1. The Hall–Kier alpha value is -3.28. The lowest BCUT2D eigenvalue weighted by Crippen LogP contribution is -2.30. The van der Waals surface area contributed by atoms with Crippen LogP contribution in [0.3, 0.4) is 0 Å². The Labute approximate surface area is 196 Å². The van der Waals surface area contributed by atoms with E-state index >= 15 is 0 Å². The van der Waals surface area contributed by atoms with Gasteiger partial charge in [0.2, 0.25) is 0 Å². The third-order valence-electron chi connectivity index (χ3n) is 6.02. The van der Waals surface area contributed by atoms with Crippen LogP contribution in [-0.4, -0.2) is 48.9 Å². The number of benzene rings is 2. The predicted molar refractivity (Wildman–Crippen MR) is 132 cm³/mol. The van der Waals surface area contributed by atoms with Gasteiger partial charge in [-0.3, -0.25) is 9.59 Å². The molecule has 33 heavy (non-hydrogen) atoms. The van der Waals surface area contributed by atoms with Crippen molar-refractivity contribution in [1.29, 1.82) is 0 Å². The summed E-state index contributed by atoms with van der Waals surface area (Å²) >= 11 is 0. The minimum atomic E-state index is -0.641. The van der Waals surface area contributed by atoms with E-state index in [-0.39, 0.29) is 11.3 Å². The number of unbranched alkanes of at least 4 members (excludes halogenated alkanes) is 2. The lowest BCUT2D eigenvalue weighted by molar-refractivity contribution is -0.139. The SMILES string of the molecule is CCCCCN1C(=O)C(=O)/C(=C(\O)c2ccc(OCC)c(C)c2)C1c1ccc(N(C)C)cc1. The van der Waals surface area contributed by atoms with Gasteiger partial charge in [0.05, 0.1) is 18.2 Å². The second-order valence-corrected chi connectivity index (χ2v) is 8.60. The van der Waals surface area contributed by atoms with E-state index in [1.165, 1.54) is 0 Å². The van der Waals surface area contributed by atoms with E-state index in [4.69, 9.17) is 4.74 Å². The van der Waals surface area contributed by atoms with E-state index < -0.39 is 17.7 Å². The topological polar surface area (TPSA) is 70.1 Å². The molecule has 0 saturated carbocycles. The van der Waals surface area contributed by atoms with Gasteiger partial charge in [0, 0.05) is 31.9 Å². The average molecular weight is 451 g/mol. The van der Waals surface area contributed by atoms with Crippen molar-refractivity contribution in [3.8, 4) is 5.75 Å². The first-order valence-corrected chi connectivity index (χ1v) is 11.6. The van der Waals surface area contributed by atoms with Crippen molar-refractivity contribution in [1.82, 2.24) is 4.90 Å². The van der Waals surface area contributed by atoms with Crippen LogP contribution in [0.25, 0.3) is 5.76 Å². The first-order valence-electron chi connectivity index (χ1n) is 11.6. The van der Waals surface area contributed by atoms with Crippen LogP contribution in [-0.2, 0) is 9.59 Å². The Morgan fingerprint density at radius 1 is 1.06 bits per heavy atom. The van der Waals surface area contributed by atoms with Crippen molar-refractivity contribution in [2.75, 3.05) is 32.1 Å². The Balaban J connectivity index is 2.10. The summed E-state index contributed by atoms with van der Waals surface area (Å²) in [5.41, 5.74) is 3.31. The zero-order chi connectivity index (χ0) is 24.1. The molecule has 0 radical (unpaired) electrons. The van der Waals surface area contributed by atoms with Crippen molar-refractivity contribution in [2.45, 2.75) is 46.1 Å². The fourth-order valence-electron chi connectivity index (χ4n) is 4.21. The van der Waals surface area contributed by atoms with Gasteiger partial charge >= 0.3 is 0 Å². The Kier molecular flexibility index (Phi) is 7.79. The Morgan fingerprint density at radius 2 is 1.76 bits per heavy atom. The molecular formula is C27H34N2O4. The van der Waals surface area contributed by atoms with Crippen LogP contribution in [0.4, 0.5) is 5.69 Å². The van der Waals surface area contributed by atoms with E-state index in [1.807, 2.05) is 57.1 Å². The van der Waals surface area contributed by atoms with Gasteiger partial charge in [-0.05, 0) is 61.7 Å². The van der Waals surface area contributed by atoms with Crippen LogP contribution in [0.5, 0.6) is 5.75 Å². The van der Waals surface area contributed by atoms with E-state index in [0.29, 0.717) is 18.7 Å². The molecule has 1 heterocycles. The molecule has 1 unspecified atom stereocenters. The summed E-state index contributed by atoms with van der Waals surface area (Å²) in [5, 5.41) is 11.2. The molecule has 0 spiro atoms. The largest absolute Gasteiger partial charge is 0.507 e. The first-order chi connectivity index (χ1) is 15.8. The first kappa shape index (κ1) is 24.4. The Morgan fingerprint density at radius 3 is 2.33 bits per heavy atom. The molecular weight excluding hydrogens is 416 g/mol. The highest BCUT2D eigenvalue weighted by Gasteiger charge is 2.45. The quantitative estimate of drug-likeness (QED) is 0.250. The van der Waals surface area contributed by atoms with E-state index in [0.717, 1.165) is 41.8 Å². The molecule has 176 valence electrons. The van der Waals surface area contributed by atoms with Crippen LogP contribution >= 0.6 is 0 Å². The molecule has 3 rings (SSSR count). The molecule has 6 heteroatoms. The normalized spacial score (nSPS) is 17.5. The lowest BCUT2D eigenvalue weighted by Gasteiger charge is -2.26. The number of ketones is 1. The summed E-state index contributed by atoms with van der Waals surface area (Å²) < 4.78 is 5.60. The van der Waals surface area contributed by atoms with Gasteiger partial charge in [0.25, 0.3) is 11.7 Å². The summed E-state index contributed by atoms with van der Waals surface area (Å²) in [5.74, 6) is -0.627. The summed E-state index contributed by atoms with van der Waals surface area (Å²) in [6, 6.07) is 12.5. The van der Waals surface area contributed by atoms with Crippen molar-refractivity contribution in [2.24, 2.45) is 0 Å². The molecule has 0 aromatic heterocycles. The molecule has 1 aliphatic heterocycles. The second-order valence-electron chi connectivity index (χ2n) is 8.60. The van der Waals surface area contributed by atoms with Gasteiger partial charge in [-0.2, -0.15) is 0 Å². The van der Waals surface area contributed by atoms with Gasteiger partial charge in [0.1, 0.15) is 11.5 Å². The summed E-state index contributed by atoms with van der Waals surface area (Å²) in [4.78, 5) is 29.7. The third-order valence-corrected chi connectivity index (χ3v) is 6.02. The van der Waals surface area contributed by atoms with E-state index in [9.17, 15) is 14.7 Å². The third kappa shape index (κ3) is 5.05. The number of amides is 1.